The molecule has 1 heterocycles. The molecule has 8 heteroatoms. The van der Waals surface area contributed by atoms with Gasteiger partial charge in [0.15, 0.2) is 0 Å². The normalized spacial score (nSPS) is 49.9. The van der Waals surface area contributed by atoms with Gasteiger partial charge in [0.05, 0.1) is 23.2 Å². The number of cyclic esters (lactones) is 1. The first-order chi connectivity index (χ1) is 12.8. The molecule has 2 aliphatic carbocycles. The average molecular weight is 400 g/mol. The van der Waals surface area contributed by atoms with E-state index >= 15 is 0 Å². The number of Topliss-reactive ketones (excluding diaryl/α,β-unsaturated/α-hetero) is 1. The second kappa shape index (κ2) is 6.47. The van der Waals surface area contributed by atoms with Crippen LogP contribution in [0.3, 0.4) is 0 Å². The van der Waals surface area contributed by atoms with Crippen molar-refractivity contribution in [3.8, 4) is 0 Å². The first-order valence-corrected chi connectivity index (χ1v) is 9.89. The number of hydrogen-bond acceptors (Lipinski definition) is 8. The summed E-state index contributed by atoms with van der Waals surface area (Å²) in [7, 11) is 0. The van der Waals surface area contributed by atoms with Crippen molar-refractivity contribution >= 4 is 11.8 Å². The van der Waals surface area contributed by atoms with Gasteiger partial charge in [-0.1, -0.05) is 0 Å². The van der Waals surface area contributed by atoms with Crippen LogP contribution in [0.25, 0.3) is 0 Å². The van der Waals surface area contributed by atoms with Gasteiger partial charge in [-0.15, -0.1) is 0 Å². The Balaban J connectivity index is 2.09. The van der Waals surface area contributed by atoms with Crippen LogP contribution in [-0.4, -0.2) is 73.4 Å². The van der Waals surface area contributed by atoms with Crippen molar-refractivity contribution in [2.75, 3.05) is 6.61 Å². The van der Waals surface area contributed by atoms with Crippen LogP contribution in [0.1, 0.15) is 53.4 Å². The topological polar surface area (TPSA) is 145 Å². The van der Waals surface area contributed by atoms with E-state index in [1.165, 1.54) is 27.7 Å². The largest absolute Gasteiger partial charge is 0.459 e. The number of ketones is 1. The number of carbonyl (C=O) groups excluding carboxylic acids is 2. The molecule has 8 nitrogen and oxygen atoms in total. The quantitative estimate of drug-likeness (QED) is 0.390. The molecule has 1 saturated heterocycles. The Morgan fingerprint density at radius 3 is 2.36 bits per heavy atom. The zero-order valence-electron chi connectivity index (χ0n) is 16.9. The summed E-state index contributed by atoms with van der Waals surface area (Å²) < 4.78 is 5.49. The lowest BCUT2D eigenvalue weighted by molar-refractivity contribution is -0.193. The van der Waals surface area contributed by atoms with E-state index in [0.29, 0.717) is 0 Å². The van der Waals surface area contributed by atoms with Gasteiger partial charge in [0.25, 0.3) is 0 Å². The van der Waals surface area contributed by atoms with Crippen molar-refractivity contribution in [3.63, 3.8) is 0 Å². The van der Waals surface area contributed by atoms with Crippen molar-refractivity contribution in [3.05, 3.63) is 0 Å². The zero-order chi connectivity index (χ0) is 21.3. The Labute approximate surface area is 164 Å². The lowest BCUT2D eigenvalue weighted by atomic mass is 9.55. The van der Waals surface area contributed by atoms with Crippen LogP contribution in [0, 0.1) is 22.7 Å². The summed E-state index contributed by atoms with van der Waals surface area (Å²) in [6.45, 7) is 5.56. The molecule has 28 heavy (non-hydrogen) atoms. The van der Waals surface area contributed by atoms with Gasteiger partial charge in [0, 0.05) is 30.3 Å². The molecule has 1 aliphatic heterocycles. The average Bonchev–Trinajstić information content (AvgIpc) is 2.82. The second-order valence-corrected chi connectivity index (χ2v) is 9.71. The molecule has 3 aliphatic rings. The smallest absolute Gasteiger partial charge is 0.314 e. The Bertz CT molecular complexity index is 673. The predicted molar refractivity (Wildman–Crippen MR) is 96.9 cm³/mol. The Hall–Kier alpha value is -1.06. The van der Waals surface area contributed by atoms with E-state index in [0.717, 1.165) is 0 Å². The number of aliphatic hydroxyl groups is 5. The van der Waals surface area contributed by atoms with E-state index in [4.69, 9.17) is 4.74 Å². The fourth-order valence-corrected chi connectivity index (χ4v) is 6.14. The minimum Gasteiger partial charge on any atom is -0.459 e. The van der Waals surface area contributed by atoms with Crippen LogP contribution < -0.4 is 0 Å². The molecule has 0 amide bonds. The third-order valence-electron chi connectivity index (χ3n) is 8.04. The number of rotatable bonds is 5. The molecule has 2 saturated carbocycles. The van der Waals surface area contributed by atoms with Gasteiger partial charge in [0.1, 0.15) is 17.5 Å². The van der Waals surface area contributed by atoms with E-state index in [9.17, 15) is 35.1 Å². The predicted octanol–water partition coefficient (Wildman–Crippen LogP) is -0.470. The first kappa shape index (κ1) is 21.6. The summed E-state index contributed by atoms with van der Waals surface area (Å²) >= 11 is 0. The van der Waals surface area contributed by atoms with Crippen molar-refractivity contribution < 1.29 is 39.9 Å². The van der Waals surface area contributed by atoms with E-state index in [1.807, 2.05) is 0 Å². The molecule has 0 aromatic heterocycles. The van der Waals surface area contributed by atoms with E-state index in [1.54, 1.807) is 0 Å². The Morgan fingerprint density at radius 1 is 1.21 bits per heavy atom. The molecule has 0 aromatic carbocycles. The second-order valence-electron chi connectivity index (χ2n) is 9.71. The summed E-state index contributed by atoms with van der Waals surface area (Å²) in [5.74, 6) is -2.38. The minimum atomic E-state index is -1.72. The fourth-order valence-electron chi connectivity index (χ4n) is 6.14. The van der Waals surface area contributed by atoms with Crippen LogP contribution in [0.2, 0.25) is 0 Å². The standard InChI is InChI=1S/C20H32O8/c1-10(22)12-7-13(23)11-8-18(4,26)19(12,15(11)24)9-14-20(27,5-6-21)17(2,3)16(25)28-14/h11-15,21,23-24,26-27H,5-9H2,1-4H3/t11?,12?,13-,14?,15+,18-,19?,20+/m0/s1. The molecule has 160 valence electrons. The number of ether oxygens (including phenoxy) is 1. The zero-order valence-corrected chi connectivity index (χ0v) is 16.9. The molecule has 5 N–H and O–H groups in total. The molecule has 0 aromatic rings. The maximum absolute atomic E-state index is 12.5. The molecule has 3 rings (SSSR count). The molecule has 4 unspecified atom stereocenters. The van der Waals surface area contributed by atoms with Gasteiger partial charge in [0.2, 0.25) is 0 Å². The first-order valence-electron chi connectivity index (χ1n) is 9.89. The van der Waals surface area contributed by atoms with Gasteiger partial charge in [-0.3, -0.25) is 9.59 Å². The third-order valence-corrected chi connectivity index (χ3v) is 8.04. The van der Waals surface area contributed by atoms with Crippen molar-refractivity contribution in [2.24, 2.45) is 22.7 Å². The monoisotopic (exact) mass is 400 g/mol. The number of aliphatic hydroxyl groups excluding tert-OH is 3. The van der Waals surface area contributed by atoms with E-state index in [2.05, 4.69) is 0 Å². The molecule has 2 bridgehead atoms. The summed E-state index contributed by atoms with van der Waals surface area (Å²) in [5, 5.41) is 53.6. The SMILES string of the molecule is CC(=O)C1C[C@H](O)C2C[C@](C)(O)C1(CC1OC(=O)C(C)(C)[C@@]1(O)CCO)[C@@H]2O. The minimum absolute atomic E-state index is 0.0930. The highest BCUT2D eigenvalue weighted by Crippen LogP contribution is 2.64. The van der Waals surface area contributed by atoms with Gasteiger partial charge in [-0.05, 0) is 47.0 Å². The number of hydrogen-bond donors (Lipinski definition) is 5. The number of carbonyl (C=O) groups is 2. The van der Waals surface area contributed by atoms with Gasteiger partial charge in [-0.25, -0.2) is 0 Å². The summed E-state index contributed by atoms with van der Waals surface area (Å²) in [4.78, 5) is 24.9. The number of esters is 1. The van der Waals surface area contributed by atoms with Gasteiger partial charge < -0.3 is 30.3 Å². The summed E-state index contributed by atoms with van der Waals surface area (Å²) in [6, 6.07) is 0. The highest BCUT2D eigenvalue weighted by molar-refractivity contribution is 5.81. The Kier molecular flexibility index (Phi) is 5.00. The molecular formula is C20H32O8. The van der Waals surface area contributed by atoms with Crippen molar-refractivity contribution in [2.45, 2.75) is 82.9 Å². The summed E-state index contributed by atoms with van der Waals surface area (Å²) in [6.07, 6.45) is -3.30. The van der Waals surface area contributed by atoms with Gasteiger partial charge >= 0.3 is 5.97 Å². The van der Waals surface area contributed by atoms with Crippen LogP contribution >= 0.6 is 0 Å². The lowest BCUT2D eigenvalue weighted by Gasteiger charge is -2.52. The fraction of sp³-hybridized carbons (Fsp3) is 0.900. The molecule has 8 atom stereocenters. The molecule has 3 fully saturated rings. The van der Waals surface area contributed by atoms with Gasteiger partial charge in [-0.2, -0.15) is 0 Å². The van der Waals surface area contributed by atoms with Crippen LogP contribution in [0.4, 0.5) is 0 Å². The lowest BCUT2D eigenvalue weighted by Crippen LogP contribution is -2.61. The molecule has 0 spiro atoms. The third kappa shape index (κ3) is 2.55. The highest BCUT2D eigenvalue weighted by atomic mass is 16.6. The van der Waals surface area contributed by atoms with Crippen LogP contribution in [-0.2, 0) is 14.3 Å². The Morgan fingerprint density at radius 2 is 1.82 bits per heavy atom. The molecule has 0 radical (unpaired) electrons. The summed E-state index contributed by atoms with van der Waals surface area (Å²) in [5.41, 5.74) is -5.91. The van der Waals surface area contributed by atoms with Crippen molar-refractivity contribution in [1.29, 1.82) is 0 Å². The molecular weight excluding hydrogens is 368 g/mol. The van der Waals surface area contributed by atoms with Crippen LogP contribution in [0.15, 0.2) is 0 Å². The highest BCUT2D eigenvalue weighted by Gasteiger charge is 2.72. The number of fused-ring (bicyclic) bond motifs is 2. The van der Waals surface area contributed by atoms with Crippen molar-refractivity contribution in [1.82, 2.24) is 0 Å². The van der Waals surface area contributed by atoms with Crippen LogP contribution in [0.5, 0.6) is 0 Å². The van der Waals surface area contributed by atoms with E-state index in [-0.39, 0.29) is 38.1 Å². The van der Waals surface area contributed by atoms with E-state index < -0.39 is 58.1 Å². The maximum Gasteiger partial charge on any atom is 0.314 e. The maximum atomic E-state index is 12.5.